The standard InChI is InChI=1S/C17H33N5O2S/c1-17(2,25-4)14-19-16(18-3)22-7-5-20(6-8-22)13-15(23)21-9-11-24-12-10-21/h5-14H2,1-4H3,(H,18,19). The van der Waals surface area contributed by atoms with Crippen molar-refractivity contribution in [1.29, 1.82) is 0 Å². The van der Waals surface area contributed by atoms with E-state index >= 15 is 0 Å². The van der Waals surface area contributed by atoms with Crippen molar-refractivity contribution in [3.63, 3.8) is 0 Å². The van der Waals surface area contributed by atoms with Gasteiger partial charge in [0.05, 0.1) is 19.8 Å². The van der Waals surface area contributed by atoms with E-state index in [1.54, 1.807) is 0 Å². The number of rotatable bonds is 5. The molecule has 1 N–H and O–H groups in total. The first-order chi connectivity index (χ1) is 11.9. The van der Waals surface area contributed by atoms with E-state index < -0.39 is 0 Å². The fourth-order valence-electron chi connectivity index (χ4n) is 2.92. The molecule has 0 aliphatic carbocycles. The summed E-state index contributed by atoms with van der Waals surface area (Å²) in [6, 6.07) is 0. The van der Waals surface area contributed by atoms with Crippen molar-refractivity contribution in [2.24, 2.45) is 4.99 Å². The molecule has 0 aromatic carbocycles. The van der Waals surface area contributed by atoms with Crippen LogP contribution in [0, 0.1) is 0 Å². The summed E-state index contributed by atoms with van der Waals surface area (Å²) in [6.07, 6.45) is 2.13. The molecular formula is C17H33N5O2S. The molecule has 2 fully saturated rings. The number of carbonyl (C=O) groups excluding carboxylic acids is 1. The highest BCUT2D eigenvalue weighted by Gasteiger charge is 2.25. The van der Waals surface area contributed by atoms with E-state index in [0.29, 0.717) is 19.8 Å². The molecule has 25 heavy (non-hydrogen) atoms. The van der Waals surface area contributed by atoms with Crippen LogP contribution in [0.3, 0.4) is 0 Å². The largest absolute Gasteiger partial charge is 0.378 e. The second-order valence-corrected chi connectivity index (χ2v) is 8.63. The topological polar surface area (TPSA) is 60.4 Å². The average molecular weight is 372 g/mol. The first-order valence-electron chi connectivity index (χ1n) is 9.04. The predicted molar refractivity (Wildman–Crippen MR) is 104 cm³/mol. The SMILES string of the molecule is CN=C(NCC(C)(C)SC)N1CCN(CC(=O)N2CCOCC2)CC1. The molecular weight excluding hydrogens is 338 g/mol. The van der Waals surface area contributed by atoms with Crippen molar-refractivity contribution in [3.8, 4) is 0 Å². The number of nitrogens with zero attached hydrogens (tertiary/aromatic N) is 4. The van der Waals surface area contributed by atoms with Crippen LogP contribution in [0.2, 0.25) is 0 Å². The molecule has 1 amide bonds. The number of ether oxygens (including phenoxy) is 1. The van der Waals surface area contributed by atoms with Crippen molar-refractivity contribution < 1.29 is 9.53 Å². The summed E-state index contributed by atoms with van der Waals surface area (Å²) in [6.45, 7) is 12.2. The normalized spacial score (nSPS) is 20.7. The van der Waals surface area contributed by atoms with Gasteiger partial charge in [0.2, 0.25) is 5.91 Å². The number of thioether (sulfide) groups is 1. The Morgan fingerprint density at radius 2 is 1.76 bits per heavy atom. The van der Waals surface area contributed by atoms with Gasteiger partial charge in [-0.15, -0.1) is 0 Å². The lowest BCUT2D eigenvalue weighted by atomic mass is 10.2. The maximum absolute atomic E-state index is 12.4. The quantitative estimate of drug-likeness (QED) is 0.550. The zero-order chi connectivity index (χ0) is 18.3. The lowest BCUT2D eigenvalue weighted by Crippen LogP contribution is -2.55. The smallest absolute Gasteiger partial charge is 0.236 e. The van der Waals surface area contributed by atoms with Crippen LogP contribution < -0.4 is 5.32 Å². The van der Waals surface area contributed by atoms with Crippen LogP contribution in [-0.2, 0) is 9.53 Å². The molecule has 0 atom stereocenters. The Bertz CT molecular complexity index is 458. The maximum Gasteiger partial charge on any atom is 0.236 e. The molecule has 2 aliphatic heterocycles. The molecule has 2 rings (SSSR count). The summed E-state index contributed by atoms with van der Waals surface area (Å²) in [5.41, 5.74) is 0. The predicted octanol–water partition coefficient (Wildman–Crippen LogP) is 0.180. The van der Waals surface area contributed by atoms with Gasteiger partial charge < -0.3 is 19.9 Å². The Hall–Kier alpha value is -0.990. The van der Waals surface area contributed by atoms with Crippen LogP contribution in [-0.4, -0.2) is 110 Å². The van der Waals surface area contributed by atoms with Crippen LogP contribution in [0.4, 0.5) is 0 Å². The minimum atomic E-state index is 0.183. The zero-order valence-electron chi connectivity index (χ0n) is 16.1. The molecule has 0 bridgehead atoms. The van der Waals surface area contributed by atoms with Crippen LogP contribution in [0.5, 0.6) is 0 Å². The molecule has 2 aliphatic rings. The van der Waals surface area contributed by atoms with Gasteiger partial charge in [-0.25, -0.2) is 0 Å². The van der Waals surface area contributed by atoms with Crippen LogP contribution in [0.25, 0.3) is 0 Å². The van der Waals surface area contributed by atoms with E-state index in [-0.39, 0.29) is 10.7 Å². The molecule has 0 spiro atoms. The molecule has 0 saturated carbocycles. The van der Waals surface area contributed by atoms with E-state index in [4.69, 9.17) is 4.74 Å². The number of morpholine rings is 1. The third-order valence-corrected chi connectivity index (χ3v) is 6.08. The molecule has 8 heteroatoms. The lowest BCUT2D eigenvalue weighted by molar-refractivity contribution is -0.136. The first kappa shape index (κ1) is 20.3. The van der Waals surface area contributed by atoms with Gasteiger partial charge in [-0.1, -0.05) is 0 Å². The summed E-state index contributed by atoms with van der Waals surface area (Å²) in [4.78, 5) is 23.2. The zero-order valence-corrected chi connectivity index (χ0v) is 16.9. The Morgan fingerprint density at radius 3 is 2.32 bits per heavy atom. The summed E-state index contributed by atoms with van der Waals surface area (Å²) < 4.78 is 5.49. The monoisotopic (exact) mass is 371 g/mol. The summed E-state index contributed by atoms with van der Waals surface area (Å²) in [5.74, 6) is 1.18. The van der Waals surface area contributed by atoms with Crippen LogP contribution in [0.1, 0.15) is 13.8 Å². The highest BCUT2D eigenvalue weighted by atomic mass is 32.2. The second kappa shape index (κ2) is 9.64. The van der Waals surface area contributed by atoms with Crippen LogP contribution >= 0.6 is 11.8 Å². The van der Waals surface area contributed by atoms with Gasteiger partial charge in [-0.2, -0.15) is 11.8 Å². The van der Waals surface area contributed by atoms with Gasteiger partial charge >= 0.3 is 0 Å². The molecule has 144 valence electrons. The average Bonchev–Trinajstić information content (AvgIpc) is 2.64. The van der Waals surface area contributed by atoms with E-state index in [9.17, 15) is 4.79 Å². The van der Waals surface area contributed by atoms with E-state index in [0.717, 1.165) is 51.8 Å². The van der Waals surface area contributed by atoms with E-state index in [1.165, 1.54) is 0 Å². The molecule has 0 aromatic rings. The third kappa shape index (κ3) is 6.34. The van der Waals surface area contributed by atoms with Crippen LogP contribution in [0.15, 0.2) is 4.99 Å². The number of amides is 1. The Morgan fingerprint density at radius 1 is 1.12 bits per heavy atom. The number of hydrogen-bond acceptors (Lipinski definition) is 5. The fraction of sp³-hybridized carbons (Fsp3) is 0.882. The summed E-state index contributed by atoms with van der Waals surface area (Å²) in [7, 11) is 1.84. The molecule has 2 saturated heterocycles. The summed E-state index contributed by atoms with van der Waals surface area (Å²) in [5, 5.41) is 3.49. The van der Waals surface area contributed by atoms with Gasteiger partial charge in [-0.05, 0) is 20.1 Å². The number of hydrogen-bond donors (Lipinski definition) is 1. The molecule has 2 heterocycles. The summed E-state index contributed by atoms with van der Waals surface area (Å²) >= 11 is 1.85. The van der Waals surface area contributed by atoms with Crippen molar-refractivity contribution in [2.75, 3.05) is 78.9 Å². The van der Waals surface area contributed by atoms with Crippen molar-refractivity contribution >= 4 is 23.6 Å². The maximum atomic E-state index is 12.4. The van der Waals surface area contributed by atoms with Gasteiger partial charge in [0, 0.05) is 57.6 Å². The molecule has 0 aromatic heterocycles. The minimum Gasteiger partial charge on any atom is -0.378 e. The number of guanidine groups is 1. The van der Waals surface area contributed by atoms with Crippen molar-refractivity contribution in [2.45, 2.75) is 18.6 Å². The Labute approximate surface area is 156 Å². The Kier molecular flexibility index (Phi) is 7.83. The minimum absolute atomic E-state index is 0.183. The highest BCUT2D eigenvalue weighted by molar-refractivity contribution is 7.99. The number of nitrogens with one attached hydrogen (secondary N) is 1. The highest BCUT2D eigenvalue weighted by Crippen LogP contribution is 2.19. The third-order valence-electron chi connectivity index (χ3n) is 4.83. The second-order valence-electron chi connectivity index (χ2n) is 7.12. The first-order valence-corrected chi connectivity index (χ1v) is 10.3. The van der Waals surface area contributed by atoms with Gasteiger partial charge in [0.15, 0.2) is 5.96 Å². The molecule has 7 nitrogen and oxygen atoms in total. The lowest BCUT2D eigenvalue weighted by Gasteiger charge is -2.38. The number of aliphatic imine (C=N–C) groups is 1. The van der Waals surface area contributed by atoms with E-state index in [1.807, 2.05) is 23.7 Å². The van der Waals surface area contributed by atoms with Crippen molar-refractivity contribution in [1.82, 2.24) is 20.0 Å². The Balaban J connectivity index is 1.75. The number of piperazine rings is 1. The van der Waals surface area contributed by atoms with E-state index in [2.05, 4.69) is 40.2 Å². The van der Waals surface area contributed by atoms with Gasteiger partial charge in [-0.3, -0.25) is 14.7 Å². The van der Waals surface area contributed by atoms with Crippen molar-refractivity contribution in [3.05, 3.63) is 0 Å². The van der Waals surface area contributed by atoms with Gasteiger partial charge in [0.25, 0.3) is 0 Å². The molecule has 0 radical (unpaired) electrons. The number of carbonyl (C=O) groups is 1. The molecule has 0 unspecified atom stereocenters. The van der Waals surface area contributed by atoms with Gasteiger partial charge in [0.1, 0.15) is 0 Å². The fourth-order valence-corrected chi connectivity index (χ4v) is 3.13.